The van der Waals surface area contributed by atoms with Crippen molar-refractivity contribution in [2.75, 3.05) is 13.9 Å². The Morgan fingerprint density at radius 3 is 2.16 bits per heavy atom. The van der Waals surface area contributed by atoms with E-state index in [0.29, 0.717) is 19.1 Å². The van der Waals surface area contributed by atoms with E-state index in [4.69, 9.17) is 23.7 Å². The van der Waals surface area contributed by atoms with Gasteiger partial charge >= 0.3 is 5.97 Å². The zero-order valence-corrected chi connectivity index (χ0v) is 18.9. The molecule has 32 heavy (non-hydrogen) atoms. The average molecular weight is 441 g/mol. The van der Waals surface area contributed by atoms with E-state index in [1.54, 1.807) is 0 Å². The molecule has 1 fully saturated rings. The number of cyclic esters (lactones) is 1. The van der Waals surface area contributed by atoms with Gasteiger partial charge in [0, 0.05) is 7.11 Å². The van der Waals surface area contributed by atoms with Crippen LogP contribution in [0.1, 0.15) is 25.0 Å². The maximum Gasteiger partial charge on any atom is 0.338 e. The van der Waals surface area contributed by atoms with Crippen molar-refractivity contribution in [1.82, 2.24) is 0 Å². The fourth-order valence-electron chi connectivity index (χ4n) is 3.46. The first-order valence-corrected chi connectivity index (χ1v) is 10.9. The molecule has 0 saturated carbocycles. The molecule has 0 radical (unpaired) electrons. The molecule has 172 valence electrons. The van der Waals surface area contributed by atoms with Crippen molar-refractivity contribution >= 4 is 5.97 Å². The first-order valence-electron chi connectivity index (χ1n) is 10.9. The maximum atomic E-state index is 12.5. The van der Waals surface area contributed by atoms with Crippen molar-refractivity contribution in [3.63, 3.8) is 0 Å². The van der Waals surface area contributed by atoms with Crippen LogP contribution < -0.4 is 0 Å². The highest BCUT2D eigenvalue weighted by Gasteiger charge is 2.49. The Morgan fingerprint density at radius 2 is 1.56 bits per heavy atom. The van der Waals surface area contributed by atoms with Gasteiger partial charge in [-0.15, -0.1) is 0 Å². The first kappa shape index (κ1) is 24.1. The van der Waals surface area contributed by atoms with Gasteiger partial charge in [-0.25, -0.2) is 4.79 Å². The summed E-state index contributed by atoms with van der Waals surface area (Å²) in [7, 11) is 1.48. The van der Waals surface area contributed by atoms with Crippen molar-refractivity contribution in [3.05, 3.63) is 83.9 Å². The molecule has 1 aliphatic heterocycles. The molecule has 1 aliphatic rings. The molecular formula is C26H32O6. The van der Waals surface area contributed by atoms with Crippen molar-refractivity contribution in [1.29, 1.82) is 0 Å². The SMILES string of the molecule is CO[C@H]1C(=O)O[C@@H]([C@@H](/C=C/C(C)C)OCOCc2ccccc2)[C@H]1OCc1ccccc1. The summed E-state index contributed by atoms with van der Waals surface area (Å²) >= 11 is 0. The van der Waals surface area contributed by atoms with Crippen molar-refractivity contribution < 1.29 is 28.5 Å². The smallest absolute Gasteiger partial charge is 0.338 e. The third-order valence-electron chi connectivity index (χ3n) is 5.11. The van der Waals surface area contributed by atoms with Gasteiger partial charge in [-0.05, 0) is 17.0 Å². The molecule has 0 amide bonds. The van der Waals surface area contributed by atoms with Crippen molar-refractivity contribution in [3.8, 4) is 0 Å². The number of carbonyl (C=O) groups excluding carboxylic acids is 1. The second kappa shape index (κ2) is 12.5. The third kappa shape index (κ3) is 7.00. The van der Waals surface area contributed by atoms with Gasteiger partial charge in [-0.3, -0.25) is 0 Å². The summed E-state index contributed by atoms with van der Waals surface area (Å²) in [5.74, 6) is -0.141. The fraction of sp³-hybridized carbons (Fsp3) is 0.423. The van der Waals surface area contributed by atoms with Crippen LogP contribution in [0.25, 0.3) is 0 Å². The van der Waals surface area contributed by atoms with E-state index < -0.39 is 30.4 Å². The molecule has 4 atom stereocenters. The van der Waals surface area contributed by atoms with Gasteiger partial charge in [0.05, 0.1) is 13.2 Å². The van der Waals surface area contributed by atoms with Crippen LogP contribution in [-0.2, 0) is 41.7 Å². The fourth-order valence-corrected chi connectivity index (χ4v) is 3.46. The lowest BCUT2D eigenvalue weighted by Gasteiger charge is -2.26. The largest absolute Gasteiger partial charge is 0.454 e. The maximum absolute atomic E-state index is 12.5. The predicted octanol–water partition coefficient (Wildman–Crippen LogP) is 4.28. The van der Waals surface area contributed by atoms with Crippen LogP contribution >= 0.6 is 0 Å². The molecule has 6 nitrogen and oxygen atoms in total. The summed E-state index contributed by atoms with van der Waals surface area (Å²) in [6.07, 6.45) is 1.33. The number of rotatable bonds is 12. The van der Waals surface area contributed by atoms with Crippen LogP contribution in [0.5, 0.6) is 0 Å². The lowest BCUT2D eigenvalue weighted by atomic mass is 10.0. The Hall–Kier alpha value is -2.51. The topological polar surface area (TPSA) is 63.2 Å². The van der Waals surface area contributed by atoms with E-state index in [0.717, 1.165) is 11.1 Å². The van der Waals surface area contributed by atoms with Gasteiger partial charge in [-0.2, -0.15) is 0 Å². The number of carbonyl (C=O) groups is 1. The highest BCUT2D eigenvalue weighted by molar-refractivity contribution is 5.78. The molecule has 2 aromatic rings. The molecule has 6 heteroatoms. The molecule has 0 bridgehead atoms. The van der Waals surface area contributed by atoms with Crippen LogP contribution in [0, 0.1) is 5.92 Å². The Balaban J connectivity index is 1.67. The monoisotopic (exact) mass is 440 g/mol. The van der Waals surface area contributed by atoms with Crippen LogP contribution in [0.3, 0.4) is 0 Å². The molecule has 0 aliphatic carbocycles. The van der Waals surface area contributed by atoms with E-state index in [9.17, 15) is 4.79 Å². The Labute approximate surface area is 190 Å². The van der Waals surface area contributed by atoms with Gasteiger partial charge in [0.25, 0.3) is 0 Å². The zero-order valence-electron chi connectivity index (χ0n) is 18.9. The Bertz CT molecular complexity index is 836. The number of allylic oxidation sites excluding steroid dienone is 1. The number of hydrogen-bond acceptors (Lipinski definition) is 6. The number of hydrogen-bond donors (Lipinski definition) is 0. The highest BCUT2D eigenvalue weighted by Crippen LogP contribution is 2.27. The van der Waals surface area contributed by atoms with E-state index in [2.05, 4.69) is 13.8 Å². The summed E-state index contributed by atoms with van der Waals surface area (Å²) < 4.78 is 28.9. The second-order valence-electron chi connectivity index (χ2n) is 8.03. The Morgan fingerprint density at radius 1 is 0.938 bits per heavy atom. The van der Waals surface area contributed by atoms with Gasteiger partial charge in [0.15, 0.2) is 12.2 Å². The highest BCUT2D eigenvalue weighted by atomic mass is 16.7. The average Bonchev–Trinajstić information content (AvgIpc) is 3.13. The summed E-state index contributed by atoms with van der Waals surface area (Å²) in [6, 6.07) is 19.7. The molecule has 0 aromatic heterocycles. The molecule has 0 unspecified atom stereocenters. The minimum Gasteiger partial charge on any atom is -0.454 e. The van der Waals surface area contributed by atoms with E-state index in [1.165, 1.54) is 7.11 Å². The van der Waals surface area contributed by atoms with Gasteiger partial charge in [0.1, 0.15) is 19.0 Å². The molecule has 2 aromatic carbocycles. The van der Waals surface area contributed by atoms with Gasteiger partial charge in [-0.1, -0.05) is 86.7 Å². The number of methoxy groups -OCH3 is 1. The van der Waals surface area contributed by atoms with Gasteiger partial charge < -0.3 is 23.7 Å². The molecule has 1 heterocycles. The summed E-state index contributed by atoms with van der Waals surface area (Å²) in [6.45, 7) is 4.96. The van der Waals surface area contributed by atoms with E-state index in [1.807, 2.05) is 72.8 Å². The van der Waals surface area contributed by atoms with Crippen LogP contribution in [0.4, 0.5) is 0 Å². The lowest BCUT2D eigenvalue weighted by Crippen LogP contribution is -2.42. The molecule has 0 spiro atoms. The molecule has 0 N–H and O–H groups in total. The lowest BCUT2D eigenvalue weighted by molar-refractivity contribution is -0.158. The summed E-state index contributed by atoms with van der Waals surface area (Å²) in [5, 5.41) is 0. The number of benzene rings is 2. The Kier molecular flexibility index (Phi) is 9.43. The van der Waals surface area contributed by atoms with Crippen molar-refractivity contribution in [2.45, 2.75) is 51.5 Å². The minimum absolute atomic E-state index is 0.0547. The first-order chi connectivity index (χ1) is 15.6. The predicted molar refractivity (Wildman–Crippen MR) is 121 cm³/mol. The van der Waals surface area contributed by atoms with Crippen LogP contribution in [0.2, 0.25) is 0 Å². The van der Waals surface area contributed by atoms with Gasteiger partial charge in [0.2, 0.25) is 0 Å². The van der Waals surface area contributed by atoms with Crippen molar-refractivity contribution in [2.24, 2.45) is 5.92 Å². The molecule has 3 rings (SSSR count). The molecule has 1 saturated heterocycles. The summed E-state index contributed by atoms with van der Waals surface area (Å²) in [4.78, 5) is 12.5. The summed E-state index contributed by atoms with van der Waals surface area (Å²) in [5.41, 5.74) is 2.06. The standard InChI is InChI=1S/C26H32O6/c1-19(2)14-15-22(31-18-29-16-20-10-6-4-7-11-20)23-24(25(28-3)26(27)32-23)30-17-21-12-8-5-9-13-21/h4-15,19,22-25H,16-18H2,1-3H3/b15-14+/t22-,23+,24-,25-/m1/s1. The quantitative estimate of drug-likeness (QED) is 0.212. The second-order valence-corrected chi connectivity index (χ2v) is 8.03. The molecular weight excluding hydrogens is 408 g/mol. The number of ether oxygens (including phenoxy) is 5. The third-order valence-corrected chi connectivity index (χ3v) is 5.11. The normalized spacial score (nSPS) is 21.9. The van der Waals surface area contributed by atoms with E-state index >= 15 is 0 Å². The number of esters is 1. The minimum atomic E-state index is -0.813. The van der Waals surface area contributed by atoms with Crippen LogP contribution in [0.15, 0.2) is 72.8 Å². The van der Waals surface area contributed by atoms with E-state index in [-0.39, 0.29) is 6.79 Å². The van der Waals surface area contributed by atoms with Crippen LogP contribution in [-0.4, -0.2) is 44.3 Å². The zero-order chi connectivity index (χ0) is 22.8.